The Morgan fingerprint density at radius 3 is 2.46 bits per heavy atom. The number of unbranched alkanes of at least 4 members (excludes halogenated alkanes) is 2. The zero-order valence-corrected chi connectivity index (χ0v) is 22.7. The number of azo groups is 1. The first-order valence-electron chi connectivity index (χ1n) is 13.0. The molecule has 3 N–H and O–H groups in total. The van der Waals surface area contributed by atoms with Crippen LogP contribution in [-0.2, 0) is 13.0 Å². The molecule has 0 bridgehead atoms. The number of aromatic carboxylic acids is 1. The normalized spacial score (nSPS) is 11.3. The van der Waals surface area contributed by atoms with Gasteiger partial charge in [0, 0.05) is 22.5 Å². The van der Waals surface area contributed by atoms with Gasteiger partial charge in [-0.1, -0.05) is 55.2 Å². The van der Waals surface area contributed by atoms with Crippen molar-refractivity contribution >= 4 is 46.0 Å². The molecule has 2 amide bonds. The van der Waals surface area contributed by atoms with Gasteiger partial charge in [-0.3, -0.25) is 0 Å². The number of aromatic nitrogens is 1. The van der Waals surface area contributed by atoms with Crippen LogP contribution in [0.25, 0.3) is 10.9 Å². The number of carbonyl (C=O) groups excluding carboxylic acids is 1. The third kappa shape index (κ3) is 7.48. The number of hydrogen-bond acceptors (Lipinski definition) is 5. The number of carboxylic acid groups (broad SMARTS) is 1. The van der Waals surface area contributed by atoms with Gasteiger partial charge in [0.25, 0.3) is 0 Å². The summed E-state index contributed by atoms with van der Waals surface area (Å²) in [5, 5.41) is 31.5. The molecule has 1 aromatic heterocycles. The number of amides is 2. The lowest BCUT2D eigenvalue weighted by Gasteiger charge is -2.07. The first kappa shape index (κ1) is 27.9. The number of anilines is 1. The van der Waals surface area contributed by atoms with E-state index in [4.69, 9.17) is 5.11 Å². The quantitative estimate of drug-likeness (QED) is 0.0942. The number of para-hydroxylation sites is 1. The fourth-order valence-electron chi connectivity index (χ4n) is 4.28. The highest BCUT2D eigenvalue weighted by atomic mass is 32.2. The molecule has 0 unspecified atom stereocenters. The maximum atomic E-state index is 12.4. The van der Waals surface area contributed by atoms with Crippen molar-refractivity contribution in [2.75, 3.05) is 11.1 Å². The number of carboxylic acids is 1. The molecule has 4 aromatic rings. The molecule has 0 aliphatic carbocycles. The van der Waals surface area contributed by atoms with Crippen LogP contribution >= 0.6 is 11.8 Å². The van der Waals surface area contributed by atoms with Crippen molar-refractivity contribution in [2.24, 2.45) is 10.2 Å². The molecule has 0 atom stereocenters. The molecule has 3 aromatic carbocycles. The van der Waals surface area contributed by atoms with Gasteiger partial charge in [0.05, 0.1) is 11.1 Å². The van der Waals surface area contributed by atoms with E-state index in [1.165, 1.54) is 0 Å². The molecular formula is C30H32N4O4S. The summed E-state index contributed by atoms with van der Waals surface area (Å²) < 4.78 is 1.84. The van der Waals surface area contributed by atoms with Gasteiger partial charge in [-0.25, -0.2) is 9.59 Å². The molecule has 39 heavy (non-hydrogen) atoms. The Morgan fingerprint density at radius 1 is 0.974 bits per heavy atom. The van der Waals surface area contributed by atoms with Gasteiger partial charge in [-0.2, -0.15) is 0 Å². The summed E-state index contributed by atoms with van der Waals surface area (Å²) in [6.45, 7) is 2.78. The van der Waals surface area contributed by atoms with Crippen LogP contribution in [0.15, 0.2) is 87.9 Å². The van der Waals surface area contributed by atoms with Crippen molar-refractivity contribution in [1.29, 1.82) is 0 Å². The zero-order chi connectivity index (χ0) is 27.6. The van der Waals surface area contributed by atoms with E-state index < -0.39 is 12.0 Å². The Kier molecular flexibility index (Phi) is 9.74. The van der Waals surface area contributed by atoms with Crippen LogP contribution in [0.5, 0.6) is 5.88 Å². The second-order valence-corrected chi connectivity index (χ2v) is 10.3. The molecule has 0 aliphatic rings. The van der Waals surface area contributed by atoms with Crippen molar-refractivity contribution in [3.05, 3.63) is 83.9 Å². The molecule has 0 spiro atoms. The number of urea groups is 1. The number of rotatable bonds is 12. The molecule has 4 rings (SSSR count). The van der Waals surface area contributed by atoms with Crippen molar-refractivity contribution in [1.82, 2.24) is 4.57 Å². The van der Waals surface area contributed by atoms with Crippen LogP contribution in [0.2, 0.25) is 0 Å². The number of benzene rings is 3. The van der Waals surface area contributed by atoms with Crippen molar-refractivity contribution < 1.29 is 19.8 Å². The molecular weight excluding hydrogens is 512 g/mol. The Bertz CT molecular complexity index is 1450. The van der Waals surface area contributed by atoms with Crippen LogP contribution in [0, 0.1) is 0 Å². The van der Waals surface area contributed by atoms with Crippen LogP contribution in [0.4, 0.5) is 16.2 Å². The SMILES string of the molecule is CCCCCn1c(O)c(N=NC(=O)Nc2ccccc2)c2cc(SCCCc3ccc(C(=O)O)cc3)ccc21. The Morgan fingerprint density at radius 2 is 1.74 bits per heavy atom. The minimum atomic E-state index is -0.923. The summed E-state index contributed by atoms with van der Waals surface area (Å²) in [5.41, 5.74) is 3.14. The first-order valence-corrected chi connectivity index (χ1v) is 14.0. The predicted octanol–water partition coefficient (Wildman–Crippen LogP) is 8.28. The number of thioether (sulfide) groups is 1. The Labute approximate surface area is 231 Å². The van der Waals surface area contributed by atoms with E-state index >= 15 is 0 Å². The number of hydrogen-bond donors (Lipinski definition) is 3. The number of nitrogens with zero attached hydrogens (tertiary/aromatic N) is 3. The number of aryl methyl sites for hydroxylation is 2. The molecule has 9 heteroatoms. The molecule has 202 valence electrons. The lowest BCUT2D eigenvalue weighted by molar-refractivity contribution is 0.0697. The third-order valence-electron chi connectivity index (χ3n) is 6.31. The Hall–Kier alpha value is -4.11. The van der Waals surface area contributed by atoms with E-state index in [-0.39, 0.29) is 17.1 Å². The topological polar surface area (TPSA) is 116 Å². The fourth-order valence-corrected chi connectivity index (χ4v) is 5.17. The van der Waals surface area contributed by atoms with Gasteiger partial charge in [0.15, 0.2) is 5.69 Å². The van der Waals surface area contributed by atoms with Gasteiger partial charge < -0.3 is 20.1 Å². The minimum absolute atomic E-state index is 0.00400. The molecule has 0 radical (unpaired) electrons. The monoisotopic (exact) mass is 544 g/mol. The molecule has 8 nitrogen and oxygen atoms in total. The zero-order valence-electron chi connectivity index (χ0n) is 21.8. The number of aromatic hydroxyl groups is 1. The number of carbonyl (C=O) groups is 2. The number of fused-ring (bicyclic) bond motifs is 1. The molecule has 0 saturated carbocycles. The maximum absolute atomic E-state index is 12.4. The van der Waals surface area contributed by atoms with E-state index in [2.05, 4.69) is 22.5 Å². The van der Waals surface area contributed by atoms with E-state index in [0.29, 0.717) is 12.2 Å². The largest absolute Gasteiger partial charge is 0.493 e. The van der Waals surface area contributed by atoms with Gasteiger partial charge in [-0.05, 0) is 73.0 Å². The van der Waals surface area contributed by atoms with E-state index in [9.17, 15) is 14.7 Å². The summed E-state index contributed by atoms with van der Waals surface area (Å²) in [6.07, 6.45) is 4.80. The van der Waals surface area contributed by atoms with Crippen molar-refractivity contribution in [3.63, 3.8) is 0 Å². The smallest absolute Gasteiger partial charge is 0.364 e. The fraction of sp³-hybridized carbons (Fsp3) is 0.267. The van der Waals surface area contributed by atoms with E-state index in [1.807, 2.05) is 53.1 Å². The van der Waals surface area contributed by atoms with Crippen molar-refractivity contribution in [3.8, 4) is 5.88 Å². The summed E-state index contributed by atoms with van der Waals surface area (Å²) in [4.78, 5) is 24.4. The van der Waals surface area contributed by atoms with Crippen LogP contribution < -0.4 is 5.32 Å². The summed E-state index contributed by atoms with van der Waals surface area (Å²) >= 11 is 1.70. The third-order valence-corrected chi connectivity index (χ3v) is 7.39. The standard InChI is InChI=1S/C30H32N4O4S/c1-2-3-7-18-34-26-17-16-24(39-19-8-9-21-12-14-22(15-13-21)29(36)37)20-25(26)27(28(34)35)32-33-30(38)31-23-10-5-4-6-11-23/h4-6,10-17,20,35H,2-3,7-9,18-19H2,1H3,(H,31,38)(H,36,37). The molecule has 1 heterocycles. The molecule has 0 saturated heterocycles. The van der Waals surface area contributed by atoms with Gasteiger partial charge in [0.1, 0.15) is 0 Å². The average Bonchev–Trinajstić information content (AvgIpc) is 3.20. The van der Waals surface area contributed by atoms with Crippen molar-refractivity contribution in [2.45, 2.75) is 50.5 Å². The minimum Gasteiger partial charge on any atom is -0.493 e. The van der Waals surface area contributed by atoms with Crippen LogP contribution in [0.3, 0.4) is 0 Å². The average molecular weight is 545 g/mol. The molecule has 0 fully saturated rings. The maximum Gasteiger partial charge on any atom is 0.364 e. The second kappa shape index (κ2) is 13.6. The highest BCUT2D eigenvalue weighted by Crippen LogP contribution is 2.41. The van der Waals surface area contributed by atoms with Crippen LogP contribution in [-0.4, -0.2) is 32.5 Å². The highest BCUT2D eigenvalue weighted by Gasteiger charge is 2.18. The number of nitrogens with one attached hydrogen (secondary N) is 1. The van der Waals surface area contributed by atoms with Gasteiger partial charge in [0.2, 0.25) is 5.88 Å². The van der Waals surface area contributed by atoms with Gasteiger partial charge in [-0.15, -0.1) is 16.9 Å². The summed E-state index contributed by atoms with van der Waals surface area (Å²) in [7, 11) is 0. The Balaban J connectivity index is 1.48. The van der Waals surface area contributed by atoms with Crippen LogP contribution in [0.1, 0.15) is 48.5 Å². The summed E-state index contributed by atoms with van der Waals surface area (Å²) in [5.74, 6) is -0.0519. The van der Waals surface area contributed by atoms with E-state index in [0.717, 1.165) is 59.2 Å². The second-order valence-electron chi connectivity index (χ2n) is 9.16. The predicted molar refractivity (Wildman–Crippen MR) is 156 cm³/mol. The first-order chi connectivity index (χ1) is 19.0. The van der Waals surface area contributed by atoms with E-state index in [1.54, 1.807) is 36.0 Å². The lowest BCUT2D eigenvalue weighted by atomic mass is 10.1. The molecule has 0 aliphatic heterocycles. The summed E-state index contributed by atoms with van der Waals surface area (Å²) in [6, 6.07) is 21.4. The highest BCUT2D eigenvalue weighted by molar-refractivity contribution is 7.99. The lowest BCUT2D eigenvalue weighted by Crippen LogP contribution is -2.04. The van der Waals surface area contributed by atoms with Gasteiger partial charge >= 0.3 is 12.0 Å².